The number of benzene rings is 2. The zero-order valence-electron chi connectivity index (χ0n) is 17.9. The van der Waals surface area contributed by atoms with Gasteiger partial charge in [-0.05, 0) is 49.1 Å². The van der Waals surface area contributed by atoms with Crippen molar-refractivity contribution in [3.63, 3.8) is 0 Å². The monoisotopic (exact) mass is 415 g/mol. The van der Waals surface area contributed by atoms with Crippen LogP contribution < -0.4 is 10.1 Å². The molecule has 0 radical (unpaired) electrons. The molecule has 2 heterocycles. The standard InChI is InChI=1S/C24H25N5O2/c1-16-21(17(2)29-24(27-16)25-15-26-29)13-14-22(30)28-23(18-7-5-4-6-8-18)19-9-11-20(31-3)12-10-19/h4-12,15,23H,13-14H2,1-3H3,(H,28,30). The highest BCUT2D eigenvalue weighted by atomic mass is 16.5. The minimum absolute atomic E-state index is 0.0258. The second kappa shape index (κ2) is 8.95. The van der Waals surface area contributed by atoms with Gasteiger partial charge in [-0.25, -0.2) is 9.50 Å². The Kier molecular flexibility index (Phi) is 5.93. The van der Waals surface area contributed by atoms with Crippen molar-refractivity contribution in [1.29, 1.82) is 0 Å². The molecule has 1 N–H and O–H groups in total. The van der Waals surface area contributed by atoms with Crippen LogP contribution in [0.25, 0.3) is 5.78 Å². The largest absolute Gasteiger partial charge is 0.497 e. The van der Waals surface area contributed by atoms with Crippen molar-refractivity contribution in [1.82, 2.24) is 24.9 Å². The normalized spacial score (nSPS) is 12.0. The van der Waals surface area contributed by atoms with Gasteiger partial charge in [-0.15, -0.1) is 0 Å². The molecule has 0 aliphatic rings. The number of fused-ring (bicyclic) bond motifs is 1. The number of methoxy groups -OCH3 is 1. The first kappa shape index (κ1) is 20.5. The van der Waals surface area contributed by atoms with Gasteiger partial charge < -0.3 is 10.1 Å². The van der Waals surface area contributed by atoms with Crippen LogP contribution in [-0.4, -0.2) is 32.6 Å². The summed E-state index contributed by atoms with van der Waals surface area (Å²) in [5, 5.41) is 7.41. The van der Waals surface area contributed by atoms with Crippen molar-refractivity contribution in [2.24, 2.45) is 0 Å². The quantitative estimate of drug-likeness (QED) is 0.499. The molecule has 0 fully saturated rings. The van der Waals surface area contributed by atoms with Crippen LogP contribution in [0, 0.1) is 13.8 Å². The molecule has 0 saturated carbocycles. The first-order valence-electron chi connectivity index (χ1n) is 10.2. The van der Waals surface area contributed by atoms with Crippen molar-refractivity contribution >= 4 is 11.7 Å². The van der Waals surface area contributed by atoms with E-state index in [1.54, 1.807) is 11.6 Å². The number of nitrogens with zero attached hydrogens (tertiary/aromatic N) is 4. The van der Waals surface area contributed by atoms with Gasteiger partial charge >= 0.3 is 0 Å². The summed E-state index contributed by atoms with van der Waals surface area (Å²) in [7, 11) is 1.64. The SMILES string of the molecule is COc1ccc(C(NC(=O)CCc2c(C)nc3ncnn3c2C)c2ccccc2)cc1. The molecule has 0 aliphatic carbocycles. The van der Waals surface area contributed by atoms with Crippen LogP contribution in [0.4, 0.5) is 0 Å². The van der Waals surface area contributed by atoms with Gasteiger partial charge in [0.05, 0.1) is 13.2 Å². The lowest BCUT2D eigenvalue weighted by atomic mass is 9.98. The first-order valence-corrected chi connectivity index (χ1v) is 10.2. The fraction of sp³-hybridized carbons (Fsp3) is 0.250. The van der Waals surface area contributed by atoms with Crippen LogP contribution >= 0.6 is 0 Å². The molecule has 0 bridgehead atoms. The van der Waals surface area contributed by atoms with Crippen LogP contribution in [0.5, 0.6) is 5.75 Å². The Hall–Kier alpha value is -3.74. The zero-order chi connectivity index (χ0) is 21.8. The van der Waals surface area contributed by atoms with E-state index in [1.807, 2.05) is 68.4 Å². The maximum atomic E-state index is 12.9. The number of carbonyl (C=O) groups is 1. The molecular formula is C24H25N5O2. The Labute approximate surface area is 181 Å². The number of carbonyl (C=O) groups excluding carboxylic acids is 1. The zero-order valence-corrected chi connectivity index (χ0v) is 17.9. The summed E-state index contributed by atoms with van der Waals surface area (Å²) in [5.41, 5.74) is 4.88. The second-order valence-corrected chi connectivity index (χ2v) is 7.42. The van der Waals surface area contributed by atoms with E-state index < -0.39 is 0 Å². The van der Waals surface area contributed by atoms with Crippen LogP contribution in [0.2, 0.25) is 0 Å². The molecule has 1 amide bonds. The number of aryl methyl sites for hydroxylation is 2. The molecule has 0 spiro atoms. The lowest BCUT2D eigenvalue weighted by Crippen LogP contribution is -2.29. The lowest BCUT2D eigenvalue weighted by Gasteiger charge is -2.20. The van der Waals surface area contributed by atoms with E-state index in [4.69, 9.17) is 4.74 Å². The Morgan fingerprint density at radius 2 is 1.77 bits per heavy atom. The number of hydrogen-bond donors (Lipinski definition) is 1. The molecule has 2 aromatic carbocycles. The molecule has 7 nitrogen and oxygen atoms in total. The van der Waals surface area contributed by atoms with E-state index in [9.17, 15) is 4.79 Å². The lowest BCUT2D eigenvalue weighted by molar-refractivity contribution is -0.121. The summed E-state index contributed by atoms with van der Waals surface area (Å²) < 4.78 is 6.98. The van der Waals surface area contributed by atoms with Crippen LogP contribution in [0.15, 0.2) is 60.9 Å². The Morgan fingerprint density at radius 3 is 2.48 bits per heavy atom. The van der Waals surface area contributed by atoms with E-state index in [1.165, 1.54) is 6.33 Å². The van der Waals surface area contributed by atoms with Crippen molar-refractivity contribution in [3.8, 4) is 5.75 Å². The predicted octanol–water partition coefficient (Wildman–Crippen LogP) is 3.59. The highest BCUT2D eigenvalue weighted by molar-refractivity contribution is 5.77. The van der Waals surface area contributed by atoms with E-state index in [-0.39, 0.29) is 11.9 Å². The molecule has 7 heteroatoms. The van der Waals surface area contributed by atoms with Crippen LogP contribution in [0.1, 0.15) is 40.5 Å². The molecule has 1 unspecified atom stereocenters. The van der Waals surface area contributed by atoms with Crippen molar-refractivity contribution in [3.05, 3.63) is 89.0 Å². The smallest absolute Gasteiger partial charge is 0.252 e. The van der Waals surface area contributed by atoms with E-state index in [0.29, 0.717) is 18.6 Å². The average molecular weight is 415 g/mol. The summed E-state index contributed by atoms with van der Waals surface area (Å²) in [5.74, 6) is 1.33. The molecule has 158 valence electrons. The Morgan fingerprint density at radius 1 is 1.06 bits per heavy atom. The minimum atomic E-state index is -0.238. The average Bonchev–Trinajstić information content (AvgIpc) is 3.26. The highest BCUT2D eigenvalue weighted by Crippen LogP contribution is 2.24. The second-order valence-electron chi connectivity index (χ2n) is 7.42. The number of aromatic nitrogens is 4. The maximum Gasteiger partial charge on any atom is 0.252 e. The third-order valence-corrected chi connectivity index (χ3v) is 5.48. The molecule has 0 aliphatic heterocycles. The van der Waals surface area contributed by atoms with Gasteiger partial charge in [-0.1, -0.05) is 42.5 Å². The molecule has 2 aromatic heterocycles. The number of nitrogens with one attached hydrogen (secondary N) is 1. The van der Waals surface area contributed by atoms with Gasteiger partial charge in [-0.2, -0.15) is 10.1 Å². The van der Waals surface area contributed by atoms with Crippen molar-refractivity contribution < 1.29 is 9.53 Å². The van der Waals surface area contributed by atoms with Gasteiger partial charge in [0.15, 0.2) is 0 Å². The third kappa shape index (κ3) is 4.40. The summed E-state index contributed by atoms with van der Waals surface area (Å²) in [4.78, 5) is 21.6. The summed E-state index contributed by atoms with van der Waals surface area (Å²) in [6.07, 6.45) is 2.42. The van der Waals surface area contributed by atoms with E-state index in [2.05, 4.69) is 20.4 Å². The fourth-order valence-electron chi connectivity index (χ4n) is 3.79. The van der Waals surface area contributed by atoms with E-state index >= 15 is 0 Å². The molecule has 0 saturated heterocycles. The topological polar surface area (TPSA) is 81.4 Å². The predicted molar refractivity (Wildman–Crippen MR) is 118 cm³/mol. The van der Waals surface area contributed by atoms with Crippen LogP contribution in [-0.2, 0) is 11.2 Å². The number of ether oxygens (including phenoxy) is 1. The fourth-order valence-corrected chi connectivity index (χ4v) is 3.79. The van der Waals surface area contributed by atoms with Gasteiger partial charge in [0.25, 0.3) is 5.78 Å². The van der Waals surface area contributed by atoms with Gasteiger partial charge in [-0.3, -0.25) is 4.79 Å². The third-order valence-electron chi connectivity index (χ3n) is 5.48. The molecular weight excluding hydrogens is 390 g/mol. The van der Waals surface area contributed by atoms with Crippen molar-refractivity contribution in [2.45, 2.75) is 32.7 Å². The first-order chi connectivity index (χ1) is 15.1. The van der Waals surface area contributed by atoms with Gasteiger partial charge in [0.1, 0.15) is 12.1 Å². The minimum Gasteiger partial charge on any atom is -0.497 e. The highest BCUT2D eigenvalue weighted by Gasteiger charge is 2.18. The Balaban J connectivity index is 1.53. The van der Waals surface area contributed by atoms with Crippen LogP contribution in [0.3, 0.4) is 0 Å². The molecule has 4 aromatic rings. The maximum absolute atomic E-state index is 12.9. The molecule has 31 heavy (non-hydrogen) atoms. The summed E-state index contributed by atoms with van der Waals surface area (Å²) in [6, 6.07) is 17.5. The number of amides is 1. The van der Waals surface area contributed by atoms with E-state index in [0.717, 1.165) is 33.8 Å². The van der Waals surface area contributed by atoms with Gasteiger partial charge in [0.2, 0.25) is 5.91 Å². The number of rotatable bonds is 7. The molecule has 4 rings (SSSR count). The molecule has 1 atom stereocenters. The Bertz CT molecular complexity index is 1190. The van der Waals surface area contributed by atoms with Crippen molar-refractivity contribution in [2.75, 3.05) is 7.11 Å². The summed E-state index contributed by atoms with van der Waals surface area (Å²) >= 11 is 0. The summed E-state index contributed by atoms with van der Waals surface area (Å²) in [6.45, 7) is 3.92. The number of hydrogen-bond acceptors (Lipinski definition) is 5. The van der Waals surface area contributed by atoms with Gasteiger partial charge in [0, 0.05) is 17.8 Å².